The van der Waals surface area contributed by atoms with Crippen molar-refractivity contribution in [2.75, 3.05) is 42.7 Å². The molecule has 2 N–H and O–H groups in total. The molecular formula is C29H32N6O6S. The van der Waals surface area contributed by atoms with Gasteiger partial charge in [0, 0.05) is 55.6 Å². The van der Waals surface area contributed by atoms with Gasteiger partial charge in [-0.15, -0.1) is 0 Å². The highest BCUT2D eigenvalue weighted by Gasteiger charge is 2.27. The number of aromatic nitrogens is 3. The van der Waals surface area contributed by atoms with E-state index in [2.05, 4.69) is 20.2 Å². The van der Waals surface area contributed by atoms with Crippen molar-refractivity contribution in [1.29, 1.82) is 0 Å². The molecule has 1 aromatic carbocycles. The Hall–Kier alpha value is -4.65. The van der Waals surface area contributed by atoms with Crippen molar-refractivity contribution < 1.29 is 27.9 Å². The number of aromatic hydroxyl groups is 1. The van der Waals surface area contributed by atoms with Crippen molar-refractivity contribution in [3.05, 3.63) is 66.7 Å². The molecule has 0 radical (unpaired) electrons. The average molecular weight is 593 g/mol. The monoisotopic (exact) mass is 592 g/mol. The second-order valence-electron chi connectivity index (χ2n) is 11.0. The van der Waals surface area contributed by atoms with Crippen LogP contribution in [0.5, 0.6) is 5.88 Å². The fraction of sp³-hybridized carbons (Fsp3) is 0.310. The molecule has 0 bridgehead atoms. The van der Waals surface area contributed by atoms with Crippen molar-refractivity contribution >= 4 is 44.0 Å². The normalized spacial score (nSPS) is 14.2. The van der Waals surface area contributed by atoms with Gasteiger partial charge in [-0.2, -0.15) is 0 Å². The van der Waals surface area contributed by atoms with Crippen LogP contribution in [-0.2, 0) is 14.6 Å². The lowest BCUT2D eigenvalue weighted by atomic mass is 10.2. The van der Waals surface area contributed by atoms with Gasteiger partial charge < -0.3 is 25.0 Å². The smallest absolute Gasteiger partial charge is 0.410 e. The molecule has 0 saturated carbocycles. The Kier molecular flexibility index (Phi) is 7.54. The quantitative estimate of drug-likeness (QED) is 0.353. The predicted molar refractivity (Wildman–Crippen MR) is 158 cm³/mol. The molecule has 1 aliphatic heterocycles. The van der Waals surface area contributed by atoms with Crippen molar-refractivity contribution in [3.8, 4) is 11.7 Å². The number of hydrogen-bond donors (Lipinski definition) is 2. The molecule has 1 saturated heterocycles. The molecule has 5 rings (SSSR count). The molecule has 12 nitrogen and oxygen atoms in total. The number of benzene rings is 1. The molecule has 13 heteroatoms. The molecule has 3 aromatic heterocycles. The fourth-order valence-electron chi connectivity index (χ4n) is 4.66. The maximum atomic E-state index is 13.3. The molecule has 0 atom stereocenters. The van der Waals surface area contributed by atoms with Crippen molar-refractivity contribution in [2.24, 2.45) is 0 Å². The molecule has 1 aliphatic rings. The number of sulfone groups is 1. The van der Waals surface area contributed by atoms with Crippen LogP contribution in [0, 0.1) is 0 Å². The van der Waals surface area contributed by atoms with E-state index in [0.717, 1.165) is 11.9 Å². The fourth-order valence-corrected chi connectivity index (χ4v) is 5.31. The zero-order valence-electron chi connectivity index (χ0n) is 23.7. The van der Waals surface area contributed by atoms with E-state index in [9.17, 15) is 23.1 Å². The summed E-state index contributed by atoms with van der Waals surface area (Å²) >= 11 is 0. The summed E-state index contributed by atoms with van der Waals surface area (Å²) in [7, 11) is -3.46. The number of amides is 2. The maximum Gasteiger partial charge on any atom is 0.410 e. The van der Waals surface area contributed by atoms with Gasteiger partial charge in [-0.25, -0.2) is 18.2 Å². The van der Waals surface area contributed by atoms with E-state index in [1.807, 2.05) is 20.8 Å². The summed E-state index contributed by atoms with van der Waals surface area (Å²) in [5, 5.41) is 14.7. The highest BCUT2D eigenvalue weighted by Crippen LogP contribution is 2.32. The Labute approximate surface area is 243 Å². The second kappa shape index (κ2) is 11.0. The predicted octanol–water partition coefficient (Wildman–Crippen LogP) is 3.84. The lowest BCUT2D eigenvalue weighted by Gasteiger charge is -2.37. The van der Waals surface area contributed by atoms with Crippen LogP contribution in [0.3, 0.4) is 0 Å². The Morgan fingerprint density at radius 2 is 1.79 bits per heavy atom. The molecule has 0 spiro atoms. The number of ether oxygens (including phenoxy) is 1. The molecule has 1 fully saturated rings. The lowest BCUT2D eigenvalue weighted by Crippen LogP contribution is -2.50. The number of nitrogens with zero attached hydrogens (tertiary/aromatic N) is 5. The Bertz CT molecular complexity index is 1770. The van der Waals surface area contributed by atoms with Crippen LogP contribution in [0.1, 0.15) is 31.3 Å². The van der Waals surface area contributed by atoms with Crippen LogP contribution in [-0.4, -0.2) is 83.0 Å². The van der Waals surface area contributed by atoms with Crippen LogP contribution in [0.2, 0.25) is 0 Å². The summed E-state index contributed by atoms with van der Waals surface area (Å²) in [4.78, 5) is 38.2. The standard InChI is InChI=1S/C29H32N6O6S/c1-29(2,3)41-28(38)34-14-12-33(13-15-34)24-10-11-30-17-23(24)32-26(36)22-6-5-7-25(31-22)35-18-19-8-9-20(42(4,39)40)16-21(19)27(35)37/h5-11,16-18,37H,12-15H2,1-4H3,(H,32,36). The van der Waals surface area contributed by atoms with Crippen molar-refractivity contribution in [3.63, 3.8) is 0 Å². The number of hydrogen-bond acceptors (Lipinski definition) is 9. The molecule has 2 amide bonds. The summed E-state index contributed by atoms with van der Waals surface area (Å²) < 4.78 is 30.8. The number of fused-ring (bicyclic) bond motifs is 1. The molecule has 42 heavy (non-hydrogen) atoms. The molecule has 0 aliphatic carbocycles. The number of piperazine rings is 1. The summed E-state index contributed by atoms with van der Waals surface area (Å²) in [6.07, 6.45) is 5.56. The Morgan fingerprint density at radius 3 is 2.48 bits per heavy atom. The number of nitrogens with one attached hydrogen (secondary N) is 1. The number of anilines is 2. The number of rotatable bonds is 5. The lowest BCUT2D eigenvalue weighted by molar-refractivity contribution is 0.0240. The largest absolute Gasteiger partial charge is 0.494 e. The molecule has 0 unspecified atom stereocenters. The van der Waals surface area contributed by atoms with Crippen molar-refractivity contribution in [2.45, 2.75) is 31.3 Å². The third-order valence-corrected chi connectivity index (χ3v) is 7.83. The van der Waals surface area contributed by atoms with Crippen LogP contribution in [0.4, 0.5) is 16.2 Å². The summed E-state index contributed by atoms with van der Waals surface area (Å²) in [6.45, 7) is 7.51. The second-order valence-corrected chi connectivity index (χ2v) is 13.0. The first-order valence-corrected chi connectivity index (χ1v) is 15.2. The number of carbonyl (C=O) groups is 2. The minimum absolute atomic E-state index is 0.0858. The summed E-state index contributed by atoms with van der Waals surface area (Å²) in [5.41, 5.74) is 0.779. The number of pyridine rings is 2. The molecular weight excluding hydrogens is 560 g/mol. The highest BCUT2D eigenvalue weighted by atomic mass is 32.2. The SMILES string of the molecule is CC(C)(C)OC(=O)N1CCN(c2ccncc2NC(=O)c2cccc(-n3cc4ccc(S(C)(=O)=O)cc4c3O)n2)CC1. The van der Waals surface area contributed by atoms with E-state index >= 15 is 0 Å². The van der Waals surface area contributed by atoms with Gasteiger partial charge in [-0.1, -0.05) is 12.1 Å². The van der Waals surface area contributed by atoms with Crippen LogP contribution in [0.15, 0.2) is 66.0 Å². The molecule has 4 aromatic rings. The first kappa shape index (κ1) is 28.9. The van der Waals surface area contributed by atoms with E-state index in [1.54, 1.807) is 53.8 Å². The van der Waals surface area contributed by atoms with E-state index in [-0.39, 0.29) is 28.4 Å². The molecule has 220 valence electrons. The third-order valence-electron chi connectivity index (χ3n) is 6.72. The Morgan fingerprint density at radius 1 is 1.05 bits per heavy atom. The van der Waals surface area contributed by atoms with E-state index in [0.29, 0.717) is 42.6 Å². The van der Waals surface area contributed by atoms with E-state index < -0.39 is 21.3 Å². The van der Waals surface area contributed by atoms with E-state index in [4.69, 9.17) is 4.74 Å². The average Bonchev–Trinajstić information content (AvgIpc) is 3.28. The zero-order valence-corrected chi connectivity index (χ0v) is 24.6. The number of carbonyl (C=O) groups excluding carboxylic acids is 2. The first-order valence-electron chi connectivity index (χ1n) is 13.3. The highest BCUT2D eigenvalue weighted by molar-refractivity contribution is 7.90. The van der Waals surface area contributed by atoms with Crippen LogP contribution >= 0.6 is 0 Å². The van der Waals surface area contributed by atoms with Crippen LogP contribution in [0.25, 0.3) is 16.6 Å². The van der Waals surface area contributed by atoms with Gasteiger partial charge in [-0.05, 0) is 51.1 Å². The van der Waals surface area contributed by atoms with Gasteiger partial charge >= 0.3 is 6.09 Å². The summed E-state index contributed by atoms with van der Waals surface area (Å²) in [5.74, 6) is -0.392. The minimum Gasteiger partial charge on any atom is -0.494 e. The minimum atomic E-state index is -3.46. The van der Waals surface area contributed by atoms with Crippen LogP contribution < -0.4 is 10.2 Å². The third kappa shape index (κ3) is 6.15. The maximum absolute atomic E-state index is 13.3. The van der Waals surface area contributed by atoms with E-state index in [1.165, 1.54) is 16.7 Å². The van der Waals surface area contributed by atoms with Gasteiger partial charge in [0.1, 0.15) is 17.1 Å². The molecule has 4 heterocycles. The van der Waals surface area contributed by atoms with Gasteiger partial charge in [0.15, 0.2) is 9.84 Å². The van der Waals surface area contributed by atoms with Gasteiger partial charge in [-0.3, -0.25) is 14.3 Å². The van der Waals surface area contributed by atoms with Gasteiger partial charge in [0.05, 0.1) is 22.5 Å². The van der Waals surface area contributed by atoms with Crippen molar-refractivity contribution in [1.82, 2.24) is 19.4 Å². The van der Waals surface area contributed by atoms with Gasteiger partial charge in [0.2, 0.25) is 5.88 Å². The Balaban J connectivity index is 1.33. The topological polar surface area (TPSA) is 147 Å². The zero-order chi connectivity index (χ0) is 30.2. The first-order chi connectivity index (χ1) is 19.8. The summed E-state index contributed by atoms with van der Waals surface area (Å²) in [6, 6.07) is 11.1. The van der Waals surface area contributed by atoms with Gasteiger partial charge in [0.25, 0.3) is 5.91 Å².